The summed E-state index contributed by atoms with van der Waals surface area (Å²) >= 11 is 0. The van der Waals surface area contributed by atoms with Crippen LogP contribution in [-0.2, 0) is 0 Å². The van der Waals surface area contributed by atoms with Gasteiger partial charge in [0, 0.05) is 18.7 Å². The summed E-state index contributed by atoms with van der Waals surface area (Å²) in [5.74, 6) is -0.419. The summed E-state index contributed by atoms with van der Waals surface area (Å²) in [5.41, 5.74) is 5.72. The summed E-state index contributed by atoms with van der Waals surface area (Å²) in [5, 5.41) is 13.9. The van der Waals surface area contributed by atoms with E-state index in [4.69, 9.17) is 10.9 Å². The third kappa shape index (κ3) is 3.23. The molecule has 0 aromatic carbocycles. The van der Waals surface area contributed by atoms with Crippen LogP contribution in [0, 0.1) is 5.92 Å². The Morgan fingerprint density at radius 1 is 1.69 bits per heavy atom. The lowest BCUT2D eigenvalue weighted by Gasteiger charge is -2.10. The SMILES string of the molecule is CC(CNC(=O)c1ccccn1)C(N)=NO. The molecule has 6 heteroatoms. The van der Waals surface area contributed by atoms with Crippen LogP contribution in [0.1, 0.15) is 17.4 Å². The molecule has 0 aliphatic carbocycles. The van der Waals surface area contributed by atoms with Gasteiger partial charge >= 0.3 is 0 Å². The number of nitrogens with zero attached hydrogens (tertiary/aromatic N) is 2. The summed E-state index contributed by atoms with van der Waals surface area (Å²) in [4.78, 5) is 15.4. The fraction of sp³-hybridized carbons (Fsp3) is 0.300. The predicted octanol–water partition coefficient (Wildman–Crippen LogP) is 0.194. The Kier molecular flexibility index (Phi) is 4.26. The van der Waals surface area contributed by atoms with Crippen LogP contribution in [0.2, 0.25) is 0 Å². The van der Waals surface area contributed by atoms with E-state index in [1.165, 1.54) is 0 Å². The standard InChI is InChI=1S/C10H14N4O2/c1-7(9(11)14-16)6-13-10(15)8-4-2-3-5-12-8/h2-5,7,16H,6H2,1H3,(H2,11,14)(H,13,15). The number of hydrogen-bond acceptors (Lipinski definition) is 4. The van der Waals surface area contributed by atoms with Crippen molar-refractivity contribution in [2.45, 2.75) is 6.92 Å². The van der Waals surface area contributed by atoms with E-state index >= 15 is 0 Å². The Morgan fingerprint density at radius 3 is 3.00 bits per heavy atom. The number of rotatable bonds is 4. The second-order valence-electron chi connectivity index (χ2n) is 3.35. The van der Waals surface area contributed by atoms with Crippen LogP contribution in [0.25, 0.3) is 0 Å². The van der Waals surface area contributed by atoms with E-state index in [0.29, 0.717) is 12.2 Å². The quantitative estimate of drug-likeness (QED) is 0.293. The number of carbonyl (C=O) groups excluding carboxylic acids is 1. The maximum Gasteiger partial charge on any atom is 0.269 e. The van der Waals surface area contributed by atoms with Crippen LogP contribution >= 0.6 is 0 Å². The van der Waals surface area contributed by atoms with Crippen molar-refractivity contribution in [2.75, 3.05) is 6.54 Å². The van der Waals surface area contributed by atoms with Gasteiger partial charge in [0.1, 0.15) is 11.5 Å². The van der Waals surface area contributed by atoms with Gasteiger partial charge in [0.2, 0.25) is 0 Å². The zero-order chi connectivity index (χ0) is 12.0. The lowest BCUT2D eigenvalue weighted by Crippen LogP contribution is -2.34. The van der Waals surface area contributed by atoms with E-state index in [-0.39, 0.29) is 17.7 Å². The Balaban J connectivity index is 2.48. The molecule has 1 amide bonds. The minimum Gasteiger partial charge on any atom is -0.409 e. The molecule has 0 bridgehead atoms. The summed E-state index contributed by atoms with van der Waals surface area (Å²) in [6.45, 7) is 2.04. The highest BCUT2D eigenvalue weighted by Gasteiger charge is 2.11. The van der Waals surface area contributed by atoms with E-state index in [1.54, 1.807) is 31.3 Å². The van der Waals surface area contributed by atoms with Crippen LogP contribution in [0.3, 0.4) is 0 Å². The molecular formula is C10H14N4O2. The molecule has 4 N–H and O–H groups in total. The van der Waals surface area contributed by atoms with Gasteiger partial charge in [-0.3, -0.25) is 9.78 Å². The summed E-state index contributed by atoms with van der Waals surface area (Å²) in [6, 6.07) is 5.08. The van der Waals surface area contributed by atoms with Gasteiger partial charge in [-0.05, 0) is 12.1 Å². The molecular weight excluding hydrogens is 208 g/mol. The van der Waals surface area contributed by atoms with Crippen molar-refractivity contribution in [3.05, 3.63) is 30.1 Å². The highest BCUT2D eigenvalue weighted by Crippen LogP contribution is 1.96. The highest BCUT2D eigenvalue weighted by atomic mass is 16.4. The van der Waals surface area contributed by atoms with Crippen LogP contribution in [0.5, 0.6) is 0 Å². The molecule has 1 aromatic rings. The Hall–Kier alpha value is -2.11. The number of amides is 1. The molecule has 1 rings (SSSR count). The maximum atomic E-state index is 11.5. The van der Waals surface area contributed by atoms with E-state index in [0.717, 1.165) is 0 Å². The van der Waals surface area contributed by atoms with Gasteiger partial charge in [-0.25, -0.2) is 0 Å². The molecule has 1 atom stereocenters. The van der Waals surface area contributed by atoms with Gasteiger partial charge in [-0.2, -0.15) is 0 Å². The Labute approximate surface area is 93.2 Å². The predicted molar refractivity (Wildman–Crippen MR) is 59.1 cm³/mol. The average molecular weight is 222 g/mol. The fourth-order valence-electron chi connectivity index (χ4n) is 1.04. The van der Waals surface area contributed by atoms with Crippen molar-refractivity contribution in [2.24, 2.45) is 16.8 Å². The lowest BCUT2D eigenvalue weighted by atomic mass is 10.1. The molecule has 1 unspecified atom stereocenters. The molecule has 0 fully saturated rings. The van der Waals surface area contributed by atoms with Gasteiger partial charge in [0.25, 0.3) is 5.91 Å². The zero-order valence-corrected chi connectivity index (χ0v) is 8.92. The number of carbonyl (C=O) groups is 1. The topological polar surface area (TPSA) is 101 Å². The fourth-order valence-corrected chi connectivity index (χ4v) is 1.04. The molecule has 0 aliphatic rings. The number of nitrogens with two attached hydrogens (primary N) is 1. The number of nitrogens with one attached hydrogen (secondary N) is 1. The van der Waals surface area contributed by atoms with Crippen molar-refractivity contribution in [1.82, 2.24) is 10.3 Å². The Bertz CT molecular complexity index is 378. The summed E-state index contributed by atoms with van der Waals surface area (Å²) in [7, 11) is 0. The summed E-state index contributed by atoms with van der Waals surface area (Å²) in [6.07, 6.45) is 1.54. The number of hydrogen-bond donors (Lipinski definition) is 3. The van der Waals surface area contributed by atoms with Crippen molar-refractivity contribution in [1.29, 1.82) is 0 Å². The second-order valence-corrected chi connectivity index (χ2v) is 3.35. The third-order valence-electron chi connectivity index (χ3n) is 2.09. The third-order valence-corrected chi connectivity index (χ3v) is 2.09. The van der Waals surface area contributed by atoms with Gasteiger partial charge in [0.15, 0.2) is 0 Å². The molecule has 6 nitrogen and oxygen atoms in total. The first-order chi connectivity index (χ1) is 7.65. The van der Waals surface area contributed by atoms with Gasteiger partial charge in [-0.1, -0.05) is 18.1 Å². The molecule has 0 radical (unpaired) electrons. The smallest absolute Gasteiger partial charge is 0.269 e. The van der Waals surface area contributed by atoms with Gasteiger partial charge < -0.3 is 16.3 Å². The number of aromatic nitrogens is 1. The lowest BCUT2D eigenvalue weighted by molar-refractivity contribution is 0.0946. The second kappa shape index (κ2) is 5.69. The monoisotopic (exact) mass is 222 g/mol. The van der Waals surface area contributed by atoms with Crippen molar-refractivity contribution in [3.63, 3.8) is 0 Å². The van der Waals surface area contributed by atoms with Crippen molar-refractivity contribution >= 4 is 11.7 Å². The van der Waals surface area contributed by atoms with E-state index in [1.807, 2.05) is 0 Å². The molecule has 16 heavy (non-hydrogen) atoms. The maximum absolute atomic E-state index is 11.5. The van der Waals surface area contributed by atoms with E-state index < -0.39 is 0 Å². The average Bonchev–Trinajstić information content (AvgIpc) is 2.35. The van der Waals surface area contributed by atoms with Crippen LogP contribution in [0.15, 0.2) is 29.6 Å². The molecule has 0 saturated heterocycles. The van der Waals surface area contributed by atoms with Crippen LogP contribution in [0.4, 0.5) is 0 Å². The highest BCUT2D eigenvalue weighted by molar-refractivity contribution is 5.92. The molecule has 0 spiro atoms. The first-order valence-electron chi connectivity index (χ1n) is 4.81. The van der Waals surface area contributed by atoms with E-state index in [9.17, 15) is 4.79 Å². The number of amidine groups is 1. The molecule has 1 heterocycles. The Morgan fingerprint density at radius 2 is 2.44 bits per heavy atom. The molecule has 0 saturated carbocycles. The summed E-state index contributed by atoms with van der Waals surface area (Å²) < 4.78 is 0. The van der Waals surface area contributed by atoms with Crippen LogP contribution in [-0.4, -0.2) is 28.5 Å². The molecule has 0 aliphatic heterocycles. The minimum atomic E-state index is -0.279. The van der Waals surface area contributed by atoms with Gasteiger partial charge in [-0.15, -0.1) is 0 Å². The number of pyridine rings is 1. The van der Waals surface area contributed by atoms with Crippen molar-refractivity contribution in [3.8, 4) is 0 Å². The number of oxime groups is 1. The first-order valence-corrected chi connectivity index (χ1v) is 4.81. The van der Waals surface area contributed by atoms with Crippen LogP contribution < -0.4 is 11.1 Å². The van der Waals surface area contributed by atoms with E-state index in [2.05, 4.69) is 15.5 Å². The first kappa shape index (κ1) is 12.0. The largest absolute Gasteiger partial charge is 0.409 e. The molecule has 1 aromatic heterocycles. The van der Waals surface area contributed by atoms with Gasteiger partial charge in [0.05, 0.1) is 0 Å². The normalized spacial score (nSPS) is 13.2. The zero-order valence-electron chi connectivity index (χ0n) is 8.92. The van der Waals surface area contributed by atoms with Crippen molar-refractivity contribution < 1.29 is 10.0 Å². The minimum absolute atomic E-state index is 0.0846. The molecule has 86 valence electrons.